The molecule has 0 saturated heterocycles. The average molecular weight is 121 g/mol. The van der Waals surface area contributed by atoms with Crippen molar-refractivity contribution in [1.82, 2.24) is 0 Å². The maximum absolute atomic E-state index is 4.33. The van der Waals surface area contributed by atoms with E-state index in [1.54, 1.807) is 0 Å². The molecule has 0 aliphatic rings. The van der Waals surface area contributed by atoms with Crippen LogP contribution in [0.3, 0.4) is 0 Å². The Morgan fingerprint density at radius 1 is 1.80 bits per heavy atom. The van der Waals surface area contributed by atoms with Crippen molar-refractivity contribution >= 4 is 36.7 Å². The predicted octanol–water partition coefficient (Wildman–Crippen LogP) is 1.41. The first kappa shape index (κ1) is 5.32. The van der Waals surface area contributed by atoms with Crippen LogP contribution in [0.5, 0.6) is 0 Å². The summed E-state index contributed by atoms with van der Waals surface area (Å²) < 4.78 is 3.32. The van der Waals surface area contributed by atoms with E-state index in [2.05, 4.69) is 33.9 Å². The Labute approximate surface area is 42.0 Å². The van der Waals surface area contributed by atoms with Gasteiger partial charge in [-0.1, -0.05) is 0 Å². The Balaban J connectivity index is 3.31. The highest BCUT2D eigenvalue weighted by Gasteiger charge is 1.41. The summed E-state index contributed by atoms with van der Waals surface area (Å²) in [4.78, 5) is 0. The number of hydrogen-bond donors (Lipinski definition) is 0. The highest BCUT2D eigenvalue weighted by atomic mass is 32.4. The van der Waals surface area contributed by atoms with Crippen LogP contribution in [0, 0.1) is 0 Å². The number of hydrogen-bond acceptors (Lipinski definition) is 2. The molecule has 0 rings (SSSR count). The summed E-state index contributed by atoms with van der Waals surface area (Å²) in [6.45, 7) is 0. The van der Waals surface area contributed by atoms with Crippen LogP contribution in [0.15, 0.2) is 4.76 Å². The molecule has 0 aromatic carbocycles. The Kier molecular flexibility index (Phi) is 4.60. The molecule has 0 aliphatic carbocycles. The van der Waals surface area contributed by atoms with Crippen LogP contribution in [-0.2, 0) is 11.8 Å². The van der Waals surface area contributed by atoms with Gasteiger partial charge >= 0.3 is 0 Å². The number of isothiocyanates is 1. The summed E-state index contributed by atoms with van der Waals surface area (Å²) in [5, 5.41) is 2.11. The molecule has 0 saturated carbocycles. The van der Waals surface area contributed by atoms with Crippen molar-refractivity contribution in [2.24, 2.45) is 4.76 Å². The molecule has 5 heavy (non-hydrogen) atoms. The lowest BCUT2D eigenvalue weighted by atomic mass is 11.8. The van der Waals surface area contributed by atoms with Crippen LogP contribution < -0.4 is 0 Å². The first-order chi connectivity index (χ1) is 2.41. The second kappa shape index (κ2) is 4.32. The third-order valence-corrected chi connectivity index (χ3v) is 0.735. The lowest BCUT2D eigenvalue weighted by Crippen LogP contribution is -1.20. The lowest BCUT2D eigenvalue weighted by Gasteiger charge is -1.43. The largest absolute Gasteiger partial charge is 0.161 e. The van der Waals surface area contributed by atoms with Crippen LogP contribution in [-0.4, -0.2) is 5.16 Å². The molecular formula is CNPS2. The maximum atomic E-state index is 4.33. The standard InChI is InChI=1S/CNPS2/c4-1-2-3-5. The minimum atomic E-state index is 0.523. The van der Waals surface area contributed by atoms with E-state index in [0.29, 0.717) is 7.51 Å². The van der Waals surface area contributed by atoms with Gasteiger partial charge in [0.25, 0.3) is 0 Å². The minimum absolute atomic E-state index is 0.523. The second-order valence-electron chi connectivity index (χ2n) is 0.273. The van der Waals surface area contributed by atoms with Crippen molar-refractivity contribution in [3.8, 4) is 0 Å². The fourth-order valence-corrected chi connectivity index (χ4v) is 0.450. The molecular weight excluding hydrogens is 121 g/mol. The van der Waals surface area contributed by atoms with E-state index in [0.717, 1.165) is 0 Å². The molecule has 0 aromatic rings. The fourth-order valence-electron chi connectivity index (χ4n) is 0.0167. The van der Waals surface area contributed by atoms with Crippen molar-refractivity contribution in [3.63, 3.8) is 0 Å². The predicted molar refractivity (Wildman–Crippen MR) is 29.3 cm³/mol. The molecule has 0 N–H and O–H groups in total. The van der Waals surface area contributed by atoms with Crippen molar-refractivity contribution < 1.29 is 0 Å². The average Bonchev–Trinajstić information content (AvgIpc) is 1.41. The molecule has 1 nitrogen and oxygen atoms in total. The van der Waals surface area contributed by atoms with Crippen LogP contribution in [0.1, 0.15) is 0 Å². The number of rotatable bonds is 1. The van der Waals surface area contributed by atoms with Crippen LogP contribution in [0.4, 0.5) is 0 Å². The summed E-state index contributed by atoms with van der Waals surface area (Å²) in [6, 6.07) is 0. The maximum Gasteiger partial charge on any atom is 0.127 e. The van der Waals surface area contributed by atoms with E-state index in [1.165, 1.54) is 0 Å². The fraction of sp³-hybridized carbons (Fsp3) is 0. The van der Waals surface area contributed by atoms with Crippen molar-refractivity contribution in [2.75, 3.05) is 0 Å². The molecule has 0 bridgehead atoms. The van der Waals surface area contributed by atoms with E-state index in [1.807, 2.05) is 0 Å². The van der Waals surface area contributed by atoms with Crippen molar-refractivity contribution in [3.05, 3.63) is 0 Å². The van der Waals surface area contributed by atoms with Crippen molar-refractivity contribution in [2.45, 2.75) is 0 Å². The van der Waals surface area contributed by atoms with E-state index in [9.17, 15) is 0 Å². The van der Waals surface area contributed by atoms with Gasteiger partial charge in [-0.25, -0.2) is 0 Å². The molecule has 0 radical (unpaired) electrons. The molecule has 26 valence electrons. The van der Waals surface area contributed by atoms with E-state index in [4.69, 9.17) is 0 Å². The highest BCUT2D eigenvalue weighted by Crippen LogP contribution is 1.86. The zero-order chi connectivity index (χ0) is 4.12. The molecule has 0 unspecified atom stereocenters. The van der Waals surface area contributed by atoms with Gasteiger partial charge < -0.3 is 0 Å². The van der Waals surface area contributed by atoms with E-state index < -0.39 is 0 Å². The number of nitrogens with zero attached hydrogens (tertiary/aromatic N) is 1. The lowest BCUT2D eigenvalue weighted by molar-refractivity contribution is 2.04. The summed E-state index contributed by atoms with van der Waals surface area (Å²) in [5.41, 5.74) is 0. The zero-order valence-electron chi connectivity index (χ0n) is 2.21. The first-order valence-electron chi connectivity index (χ1n) is 0.810. The SMILES string of the molecule is S=C=NP=S. The zero-order valence-corrected chi connectivity index (χ0v) is 4.74. The van der Waals surface area contributed by atoms with Crippen LogP contribution in [0.2, 0.25) is 0 Å². The van der Waals surface area contributed by atoms with E-state index >= 15 is 0 Å². The first-order valence-corrected chi connectivity index (χ1v) is 3.08. The van der Waals surface area contributed by atoms with Gasteiger partial charge in [-0.15, -0.1) is 0 Å². The molecule has 0 aromatic heterocycles. The minimum Gasteiger partial charge on any atom is -0.161 e. The summed E-state index contributed by atoms with van der Waals surface area (Å²) in [5.74, 6) is 0. The van der Waals surface area contributed by atoms with Gasteiger partial charge in [-0.05, 0) is 24.0 Å². The molecule has 0 amide bonds. The van der Waals surface area contributed by atoms with Gasteiger partial charge in [-0.2, -0.15) is 4.76 Å². The second-order valence-corrected chi connectivity index (χ2v) is 1.31. The van der Waals surface area contributed by atoms with Gasteiger partial charge in [0.15, 0.2) is 0 Å². The number of thiocarbonyl (C=S) groups is 1. The molecule has 0 fully saturated rings. The normalized spacial score (nSPS) is 6.40. The summed E-state index contributed by atoms with van der Waals surface area (Å²) >= 11 is 8.49. The third-order valence-electron chi connectivity index (χ3n) is 0.0816. The quantitative estimate of drug-likeness (QED) is 0.295. The van der Waals surface area contributed by atoms with Gasteiger partial charge in [-0.3, -0.25) is 0 Å². The highest BCUT2D eigenvalue weighted by molar-refractivity contribution is 7.96. The summed E-state index contributed by atoms with van der Waals surface area (Å²) in [6.07, 6.45) is 0. The van der Waals surface area contributed by atoms with Gasteiger partial charge in [0.05, 0.1) is 5.16 Å². The summed E-state index contributed by atoms with van der Waals surface area (Å²) in [7, 11) is 0.523. The van der Waals surface area contributed by atoms with Crippen LogP contribution in [0.25, 0.3) is 0 Å². The Hall–Kier alpha value is 0.320. The smallest absolute Gasteiger partial charge is 0.127 e. The van der Waals surface area contributed by atoms with Gasteiger partial charge in [0.2, 0.25) is 0 Å². The molecule has 0 heterocycles. The Bertz CT molecular complexity index is 73.7. The van der Waals surface area contributed by atoms with E-state index in [-0.39, 0.29) is 0 Å². The monoisotopic (exact) mass is 121 g/mol. The third kappa shape index (κ3) is 4.32. The van der Waals surface area contributed by atoms with Gasteiger partial charge in [0, 0.05) is 0 Å². The Morgan fingerprint density at radius 3 is 2.40 bits per heavy atom. The molecule has 4 heteroatoms. The topological polar surface area (TPSA) is 12.4 Å². The molecule has 0 aliphatic heterocycles. The molecule has 0 atom stereocenters. The molecule has 0 spiro atoms. The Morgan fingerprint density at radius 2 is 2.40 bits per heavy atom. The van der Waals surface area contributed by atoms with Gasteiger partial charge in [0.1, 0.15) is 7.51 Å². The van der Waals surface area contributed by atoms with Crippen molar-refractivity contribution in [1.29, 1.82) is 0 Å². The van der Waals surface area contributed by atoms with Crippen LogP contribution >= 0.6 is 19.7 Å².